The van der Waals surface area contributed by atoms with Crippen LogP contribution in [-0.4, -0.2) is 17.0 Å². The Morgan fingerprint density at radius 1 is 1.14 bits per heavy atom. The highest BCUT2D eigenvalue weighted by atomic mass is 16.3. The molecule has 1 N–H and O–H groups in total. The zero-order valence-corrected chi connectivity index (χ0v) is 14.1. The fraction of sp³-hybridized carbons (Fsp3) is 0.850. The number of aliphatic hydroxyl groups is 1. The van der Waals surface area contributed by atoms with Crippen molar-refractivity contribution < 1.29 is 9.90 Å². The van der Waals surface area contributed by atoms with Gasteiger partial charge in [0, 0.05) is 6.42 Å². The number of allylic oxidation sites excluding steroid dienone is 1. The SMILES string of the molecule is C[C@H](O)C1CC[C@H]2[C@@H]3CCC4=CC(=O)CC[C@@H]4[C@H]3CC[C@]12C. The van der Waals surface area contributed by atoms with Crippen LogP contribution >= 0.6 is 0 Å². The van der Waals surface area contributed by atoms with Gasteiger partial charge in [-0.15, -0.1) is 0 Å². The van der Waals surface area contributed by atoms with Gasteiger partial charge in [0.1, 0.15) is 0 Å². The monoisotopic (exact) mass is 302 g/mol. The first kappa shape index (κ1) is 14.9. The molecule has 3 fully saturated rings. The summed E-state index contributed by atoms with van der Waals surface area (Å²) in [6.07, 6.45) is 11.3. The lowest BCUT2D eigenvalue weighted by Crippen LogP contribution is -2.47. The molecule has 22 heavy (non-hydrogen) atoms. The maximum Gasteiger partial charge on any atom is 0.155 e. The minimum Gasteiger partial charge on any atom is -0.393 e. The van der Waals surface area contributed by atoms with E-state index >= 15 is 0 Å². The zero-order valence-electron chi connectivity index (χ0n) is 14.1. The van der Waals surface area contributed by atoms with E-state index in [1.165, 1.54) is 37.7 Å². The molecule has 0 heterocycles. The Kier molecular flexibility index (Phi) is 3.52. The van der Waals surface area contributed by atoms with Crippen molar-refractivity contribution in [3.8, 4) is 0 Å². The van der Waals surface area contributed by atoms with Gasteiger partial charge in [0.2, 0.25) is 0 Å². The van der Waals surface area contributed by atoms with E-state index in [1.54, 1.807) is 0 Å². The molecule has 0 aromatic heterocycles. The summed E-state index contributed by atoms with van der Waals surface area (Å²) < 4.78 is 0. The highest BCUT2D eigenvalue weighted by molar-refractivity contribution is 5.91. The fourth-order valence-electron chi connectivity index (χ4n) is 7.01. The van der Waals surface area contributed by atoms with Crippen LogP contribution in [0.2, 0.25) is 0 Å². The van der Waals surface area contributed by atoms with Gasteiger partial charge in [-0.3, -0.25) is 4.79 Å². The van der Waals surface area contributed by atoms with Gasteiger partial charge < -0.3 is 5.11 Å². The quantitative estimate of drug-likeness (QED) is 0.791. The Hall–Kier alpha value is -0.630. The first-order valence-electron chi connectivity index (χ1n) is 9.42. The summed E-state index contributed by atoms with van der Waals surface area (Å²) in [5, 5.41) is 10.2. The molecular weight excluding hydrogens is 272 g/mol. The molecule has 1 unspecified atom stereocenters. The lowest BCUT2D eigenvalue weighted by Gasteiger charge is -2.54. The van der Waals surface area contributed by atoms with Crippen molar-refractivity contribution in [2.45, 2.75) is 71.3 Å². The number of ketones is 1. The third-order valence-corrected chi connectivity index (χ3v) is 7.96. The molecule has 3 saturated carbocycles. The minimum atomic E-state index is -0.155. The van der Waals surface area contributed by atoms with Crippen LogP contribution in [0.3, 0.4) is 0 Å². The molecule has 0 amide bonds. The second-order valence-electron chi connectivity index (χ2n) is 8.77. The maximum absolute atomic E-state index is 11.7. The third-order valence-electron chi connectivity index (χ3n) is 7.96. The number of carbonyl (C=O) groups excluding carboxylic acids is 1. The summed E-state index contributed by atoms with van der Waals surface area (Å²) in [6, 6.07) is 0. The molecule has 0 aromatic carbocycles. The normalized spacial score (nSPS) is 49.0. The summed E-state index contributed by atoms with van der Waals surface area (Å²) in [5.41, 5.74) is 1.84. The summed E-state index contributed by atoms with van der Waals surface area (Å²) in [7, 11) is 0. The standard InChI is InChI=1S/C20H30O2/c1-12(21)18-7-8-19-17-5-3-13-11-14(22)4-6-15(13)16(17)9-10-20(18,19)2/h11-12,15-19,21H,3-10H2,1-2H3/t12-,15-,16+,17+,18?,19-,20+/m0/s1. The van der Waals surface area contributed by atoms with Crippen LogP contribution in [0.1, 0.15) is 65.2 Å². The first-order chi connectivity index (χ1) is 10.5. The van der Waals surface area contributed by atoms with Crippen molar-refractivity contribution in [3.63, 3.8) is 0 Å². The van der Waals surface area contributed by atoms with E-state index in [-0.39, 0.29) is 6.10 Å². The lowest BCUT2D eigenvalue weighted by atomic mass is 9.51. The topological polar surface area (TPSA) is 37.3 Å². The number of hydrogen-bond acceptors (Lipinski definition) is 2. The second kappa shape index (κ2) is 5.19. The maximum atomic E-state index is 11.7. The molecule has 4 aliphatic carbocycles. The van der Waals surface area contributed by atoms with Crippen molar-refractivity contribution in [1.29, 1.82) is 0 Å². The fourth-order valence-corrected chi connectivity index (χ4v) is 7.01. The molecule has 2 heteroatoms. The Labute approximate surface area is 134 Å². The lowest BCUT2D eigenvalue weighted by molar-refractivity contribution is -0.116. The van der Waals surface area contributed by atoms with Crippen molar-refractivity contribution in [3.05, 3.63) is 11.6 Å². The van der Waals surface area contributed by atoms with Crippen molar-refractivity contribution in [2.75, 3.05) is 0 Å². The van der Waals surface area contributed by atoms with Crippen molar-refractivity contribution >= 4 is 5.78 Å². The van der Waals surface area contributed by atoms with Crippen LogP contribution < -0.4 is 0 Å². The molecule has 0 aliphatic heterocycles. The van der Waals surface area contributed by atoms with Crippen LogP contribution in [0, 0.1) is 35.0 Å². The Bertz CT molecular complexity index is 506. The van der Waals surface area contributed by atoms with Gasteiger partial charge in [0.25, 0.3) is 0 Å². The van der Waals surface area contributed by atoms with Gasteiger partial charge in [0.05, 0.1) is 6.10 Å². The van der Waals surface area contributed by atoms with E-state index in [9.17, 15) is 9.90 Å². The van der Waals surface area contributed by atoms with E-state index in [0.717, 1.165) is 37.0 Å². The molecule has 7 atom stereocenters. The Morgan fingerprint density at radius 2 is 1.95 bits per heavy atom. The molecule has 2 nitrogen and oxygen atoms in total. The minimum absolute atomic E-state index is 0.155. The summed E-state index contributed by atoms with van der Waals surface area (Å²) >= 11 is 0. The number of hydrogen-bond donors (Lipinski definition) is 1. The Balaban J connectivity index is 1.61. The average molecular weight is 302 g/mol. The number of aliphatic hydroxyl groups excluding tert-OH is 1. The summed E-state index contributed by atoms with van der Waals surface area (Å²) in [4.78, 5) is 11.7. The molecule has 0 radical (unpaired) electrons. The highest BCUT2D eigenvalue weighted by Gasteiger charge is 2.56. The van der Waals surface area contributed by atoms with Crippen LogP contribution in [0.25, 0.3) is 0 Å². The van der Waals surface area contributed by atoms with E-state index in [2.05, 4.69) is 6.92 Å². The highest BCUT2D eigenvalue weighted by Crippen LogP contribution is 2.64. The van der Waals surface area contributed by atoms with Gasteiger partial charge in [-0.2, -0.15) is 0 Å². The van der Waals surface area contributed by atoms with Crippen molar-refractivity contribution in [2.24, 2.45) is 35.0 Å². The molecule has 4 rings (SSSR count). The van der Waals surface area contributed by atoms with Gasteiger partial charge in [-0.25, -0.2) is 0 Å². The van der Waals surface area contributed by atoms with Gasteiger partial charge in [-0.05, 0) is 93.0 Å². The molecule has 122 valence electrons. The van der Waals surface area contributed by atoms with E-state index in [1.807, 2.05) is 13.0 Å². The van der Waals surface area contributed by atoms with E-state index in [0.29, 0.717) is 23.0 Å². The smallest absolute Gasteiger partial charge is 0.155 e. The molecule has 0 aromatic rings. The second-order valence-corrected chi connectivity index (χ2v) is 8.77. The van der Waals surface area contributed by atoms with E-state index in [4.69, 9.17) is 0 Å². The largest absolute Gasteiger partial charge is 0.393 e. The summed E-state index contributed by atoms with van der Waals surface area (Å²) in [5.74, 6) is 4.04. The van der Waals surface area contributed by atoms with Crippen LogP contribution in [-0.2, 0) is 4.79 Å². The zero-order chi connectivity index (χ0) is 15.5. The van der Waals surface area contributed by atoms with Gasteiger partial charge in [0.15, 0.2) is 5.78 Å². The number of fused-ring (bicyclic) bond motifs is 5. The summed E-state index contributed by atoms with van der Waals surface area (Å²) in [6.45, 7) is 4.47. The van der Waals surface area contributed by atoms with Crippen LogP contribution in [0.5, 0.6) is 0 Å². The van der Waals surface area contributed by atoms with E-state index < -0.39 is 0 Å². The number of rotatable bonds is 1. The van der Waals surface area contributed by atoms with Gasteiger partial charge in [-0.1, -0.05) is 12.5 Å². The van der Waals surface area contributed by atoms with Crippen LogP contribution in [0.15, 0.2) is 11.6 Å². The molecule has 0 spiro atoms. The first-order valence-corrected chi connectivity index (χ1v) is 9.42. The van der Waals surface area contributed by atoms with Crippen molar-refractivity contribution in [1.82, 2.24) is 0 Å². The predicted octanol–water partition coefficient (Wildman–Crippen LogP) is 4.13. The molecule has 0 bridgehead atoms. The third kappa shape index (κ3) is 2.06. The van der Waals surface area contributed by atoms with Crippen LogP contribution in [0.4, 0.5) is 0 Å². The predicted molar refractivity (Wildman–Crippen MR) is 87.3 cm³/mol. The molecule has 0 saturated heterocycles. The van der Waals surface area contributed by atoms with Gasteiger partial charge >= 0.3 is 0 Å². The molecular formula is C20H30O2. The Morgan fingerprint density at radius 3 is 2.73 bits per heavy atom. The average Bonchev–Trinajstić information content (AvgIpc) is 2.84. The number of carbonyl (C=O) groups is 1. The molecule has 4 aliphatic rings.